The highest BCUT2D eigenvalue weighted by atomic mass is 16.7. The molecular formula is C27H41NO5. The fourth-order valence-electron chi connectivity index (χ4n) is 5.78. The first kappa shape index (κ1) is 24.6. The Morgan fingerprint density at radius 1 is 1.24 bits per heavy atom. The lowest BCUT2D eigenvalue weighted by Gasteiger charge is -2.45. The molecule has 4 rings (SSSR count). The molecule has 3 fully saturated rings. The number of hydrogen-bond acceptors (Lipinski definition) is 5. The maximum atomic E-state index is 13.3. The third kappa shape index (κ3) is 5.45. The molecular weight excluding hydrogens is 418 g/mol. The highest BCUT2D eigenvalue weighted by Crippen LogP contribution is 2.41. The maximum absolute atomic E-state index is 13.3. The molecule has 0 aromatic heterocycles. The van der Waals surface area contributed by atoms with Gasteiger partial charge in [0.25, 0.3) is 5.91 Å². The highest BCUT2D eigenvalue weighted by Gasteiger charge is 2.49. The molecule has 6 nitrogen and oxygen atoms in total. The maximum Gasteiger partial charge on any atom is 0.252 e. The fourth-order valence-corrected chi connectivity index (χ4v) is 5.78. The van der Waals surface area contributed by atoms with E-state index >= 15 is 0 Å². The molecule has 1 saturated carbocycles. The second kappa shape index (κ2) is 10.4. The Labute approximate surface area is 198 Å². The van der Waals surface area contributed by atoms with Gasteiger partial charge in [0.2, 0.25) is 0 Å². The summed E-state index contributed by atoms with van der Waals surface area (Å²) in [7, 11) is 0. The molecule has 4 unspecified atom stereocenters. The predicted molar refractivity (Wildman–Crippen MR) is 127 cm³/mol. The van der Waals surface area contributed by atoms with E-state index in [1.54, 1.807) is 0 Å². The average Bonchev–Trinajstić information content (AvgIpc) is 2.77. The van der Waals surface area contributed by atoms with Crippen LogP contribution in [-0.2, 0) is 31.0 Å². The van der Waals surface area contributed by atoms with Crippen molar-refractivity contribution < 1.29 is 24.1 Å². The number of carbonyl (C=O) groups is 1. The summed E-state index contributed by atoms with van der Waals surface area (Å²) in [4.78, 5) is 13.3. The van der Waals surface area contributed by atoms with E-state index in [4.69, 9.17) is 14.2 Å². The Hall–Kier alpha value is -1.47. The smallest absolute Gasteiger partial charge is 0.252 e. The van der Waals surface area contributed by atoms with Crippen LogP contribution in [0.2, 0.25) is 0 Å². The normalized spacial score (nSPS) is 31.7. The molecule has 2 heterocycles. The summed E-state index contributed by atoms with van der Waals surface area (Å²) >= 11 is 0. The van der Waals surface area contributed by atoms with Crippen molar-refractivity contribution in [2.45, 2.75) is 83.2 Å². The van der Waals surface area contributed by atoms with Gasteiger partial charge in [-0.25, -0.2) is 0 Å². The van der Waals surface area contributed by atoms with Crippen LogP contribution < -0.4 is 5.32 Å². The second-order valence-corrected chi connectivity index (χ2v) is 10.9. The van der Waals surface area contributed by atoms with E-state index in [-0.39, 0.29) is 29.4 Å². The van der Waals surface area contributed by atoms with Crippen LogP contribution in [0.1, 0.15) is 70.4 Å². The molecule has 1 aromatic rings. The van der Waals surface area contributed by atoms with E-state index in [2.05, 4.69) is 44.3 Å². The van der Waals surface area contributed by atoms with E-state index in [1.807, 2.05) is 6.07 Å². The Balaban J connectivity index is 1.41. The summed E-state index contributed by atoms with van der Waals surface area (Å²) < 4.78 is 17.2. The van der Waals surface area contributed by atoms with Gasteiger partial charge in [-0.2, -0.15) is 0 Å². The monoisotopic (exact) mass is 459 g/mol. The summed E-state index contributed by atoms with van der Waals surface area (Å²) in [5.74, 6) is 0.373. The number of ether oxygens (including phenoxy) is 3. The second-order valence-electron chi connectivity index (χ2n) is 10.9. The number of amides is 1. The number of hydrogen-bond donors (Lipinski definition) is 2. The van der Waals surface area contributed by atoms with Gasteiger partial charge in [-0.1, -0.05) is 51.5 Å². The van der Waals surface area contributed by atoms with Crippen LogP contribution in [0, 0.1) is 17.8 Å². The molecule has 0 radical (unpaired) electrons. The van der Waals surface area contributed by atoms with Gasteiger partial charge in [0, 0.05) is 13.2 Å². The standard InChI is InChI=1S/C27H41NO5/c1-19(2)23-11-10-20(3)14-27(23,30)25(29)28-16-26(17-31-18-26)22-8-6-7-21(13-22)15-33-24-9-4-5-12-32-24/h6-8,13,19-20,23-24,30H,4-5,9-12,14-18H2,1-3H3,(H,28,29). The zero-order chi connectivity index (χ0) is 23.5. The molecule has 6 heteroatoms. The van der Waals surface area contributed by atoms with Crippen molar-refractivity contribution in [2.24, 2.45) is 17.8 Å². The number of rotatable bonds is 8. The summed E-state index contributed by atoms with van der Waals surface area (Å²) in [6.07, 6.45) is 5.57. The van der Waals surface area contributed by atoms with Crippen LogP contribution in [-0.4, -0.2) is 49.3 Å². The third-order valence-electron chi connectivity index (χ3n) is 7.90. The molecule has 1 amide bonds. The lowest BCUT2D eigenvalue weighted by molar-refractivity contribution is -0.169. The zero-order valence-corrected chi connectivity index (χ0v) is 20.5. The van der Waals surface area contributed by atoms with Crippen molar-refractivity contribution in [3.05, 3.63) is 35.4 Å². The zero-order valence-electron chi connectivity index (χ0n) is 20.5. The molecule has 2 N–H and O–H groups in total. The van der Waals surface area contributed by atoms with E-state index in [1.165, 1.54) is 0 Å². The minimum Gasteiger partial charge on any atom is -0.380 e. The van der Waals surface area contributed by atoms with Crippen LogP contribution in [0.15, 0.2) is 24.3 Å². The molecule has 0 bridgehead atoms. The SMILES string of the molecule is CC1CCC(C(C)C)C(O)(C(=O)NCC2(c3cccc(COC4CCCCO4)c3)COC2)C1. The van der Waals surface area contributed by atoms with E-state index in [0.717, 1.165) is 49.8 Å². The molecule has 3 aliphatic rings. The minimum absolute atomic E-state index is 0.00947. The summed E-state index contributed by atoms with van der Waals surface area (Å²) in [5.41, 5.74) is 0.674. The van der Waals surface area contributed by atoms with Crippen LogP contribution >= 0.6 is 0 Å². The summed E-state index contributed by atoms with van der Waals surface area (Å²) in [5, 5.41) is 14.6. The largest absolute Gasteiger partial charge is 0.380 e. The summed E-state index contributed by atoms with van der Waals surface area (Å²) in [6, 6.07) is 8.37. The van der Waals surface area contributed by atoms with Crippen LogP contribution in [0.25, 0.3) is 0 Å². The van der Waals surface area contributed by atoms with Crippen molar-refractivity contribution in [3.8, 4) is 0 Å². The first-order valence-electron chi connectivity index (χ1n) is 12.7. The number of nitrogens with one attached hydrogen (secondary N) is 1. The van der Waals surface area contributed by atoms with E-state index in [0.29, 0.717) is 38.7 Å². The van der Waals surface area contributed by atoms with Gasteiger partial charge in [0.05, 0.1) is 25.2 Å². The molecule has 4 atom stereocenters. The van der Waals surface area contributed by atoms with Gasteiger partial charge in [0.15, 0.2) is 6.29 Å². The molecule has 2 saturated heterocycles. The van der Waals surface area contributed by atoms with E-state index in [9.17, 15) is 9.90 Å². The number of carbonyl (C=O) groups excluding carboxylic acids is 1. The first-order chi connectivity index (χ1) is 15.8. The van der Waals surface area contributed by atoms with Gasteiger partial charge in [-0.05, 0) is 61.0 Å². The van der Waals surface area contributed by atoms with Gasteiger partial charge >= 0.3 is 0 Å². The Kier molecular flexibility index (Phi) is 7.79. The third-order valence-corrected chi connectivity index (χ3v) is 7.90. The van der Waals surface area contributed by atoms with Crippen molar-refractivity contribution in [1.29, 1.82) is 0 Å². The van der Waals surface area contributed by atoms with Gasteiger partial charge in [-0.3, -0.25) is 4.79 Å². The topological polar surface area (TPSA) is 77.0 Å². The Morgan fingerprint density at radius 2 is 2.06 bits per heavy atom. The number of benzene rings is 1. The minimum atomic E-state index is -1.30. The molecule has 1 aromatic carbocycles. The Bertz CT molecular complexity index is 801. The molecule has 33 heavy (non-hydrogen) atoms. The fraction of sp³-hybridized carbons (Fsp3) is 0.741. The lowest BCUT2D eigenvalue weighted by atomic mass is 9.66. The van der Waals surface area contributed by atoms with Crippen molar-refractivity contribution in [2.75, 3.05) is 26.4 Å². The average molecular weight is 460 g/mol. The van der Waals surface area contributed by atoms with Crippen LogP contribution in [0.4, 0.5) is 0 Å². The van der Waals surface area contributed by atoms with Crippen molar-refractivity contribution in [1.82, 2.24) is 5.32 Å². The Morgan fingerprint density at radius 3 is 2.73 bits per heavy atom. The first-order valence-corrected chi connectivity index (χ1v) is 12.7. The molecule has 184 valence electrons. The van der Waals surface area contributed by atoms with Crippen LogP contribution in [0.3, 0.4) is 0 Å². The van der Waals surface area contributed by atoms with Crippen molar-refractivity contribution in [3.63, 3.8) is 0 Å². The van der Waals surface area contributed by atoms with Crippen molar-refractivity contribution >= 4 is 5.91 Å². The van der Waals surface area contributed by atoms with Gasteiger partial charge in [0.1, 0.15) is 5.60 Å². The predicted octanol–water partition coefficient (Wildman–Crippen LogP) is 3.94. The van der Waals surface area contributed by atoms with Gasteiger partial charge in [-0.15, -0.1) is 0 Å². The van der Waals surface area contributed by atoms with E-state index < -0.39 is 5.60 Å². The quantitative estimate of drug-likeness (QED) is 0.616. The summed E-state index contributed by atoms with van der Waals surface area (Å²) in [6.45, 7) is 9.20. The lowest BCUT2D eigenvalue weighted by Crippen LogP contribution is -2.60. The molecule has 0 spiro atoms. The number of aliphatic hydroxyl groups is 1. The highest BCUT2D eigenvalue weighted by molar-refractivity contribution is 5.85. The molecule has 1 aliphatic carbocycles. The van der Waals surface area contributed by atoms with Crippen LogP contribution in [0.5, 0.6) is 0 Å². The molecule has 2 aliphatic heterocycles. The van der Waals surface area contributed by atoms with Gasteiger partial charge < -0.3 is 24.6 Å².